The highest BCUT2D eigenvalue weighted by Crippen LogP contribution is 2.36. The van der Waals surface area contributed by atoms with E-state index in [1.165, 1.54) is 6.42 Å². The Morgan fingerprint density at radius 1 is 1.19 bits per heavy atom. The minimum Gasteiger partial charge on any atom is -0.399 e. The Morgan fingerprint density at radius 2 is 1.81 bits per heavy atom. The first-order valence-electron chi connectivity index (χ1n) is 9.33. The SMILES string of the molecule is CN1CCC[C@@H]1/C=C/C(=O)Nc1ccc(B2OC(C)(C)C(C)(C)O2)cc1. The molecule has 140 valence electrons. The Labute approximate surface area is 156 Å². The average Bonchev–Trinajstić information content (AvgIpc) is 3.06. The van der Waals surface area contributed by atoms with Crippen LogP contribution < -0.4 is 10.8 Å². The summed E-state index contributed by atoms with van der Waals surface area (Å²) in [6.07, 6.45) is 5.92. The fraction of sp³-hybridized carbons (Fsp3) is 0.550. The summed E-state index contributed by atoms with van der Waals surface area (Å²) in [5.41, 5.74) is 0.996. The fourth-order valence-electron chi connectivity index (χ4n) is 3.26. The van der Waals surface area contributed by atoms with Crippen LogP contribution in [0.25, 0.3) is 0 Å². The number of likely N-dealkylation sites (N-methyl/N-ethyl adjacent to an activating group) is 1. The quantitative estimate of drug-likeness (QED) is 0.666. The van der Waals surface area contributed by atoms with Gasteiger partial charge in [0, 0.05) is 17.8 Å². The molecule has 0 bridgehead atoms. The van der Waals surface area contributed by atoms with E-state index >= 15 is 0 Å². The number of carbonyl (C=O) groups excluding carboxylic acids is 1. The van der Waals surface area contributed by atoms with Crippen LogP contribution in [0, 0.1) is 0 Å². The van der Waals surface area contributed by atoms with Crippen LogP contribution in [0.2, 0.25) is 0 Å². The average molecular weight is 356 g/mol. The Morgan fingerprint density at radius 3 is 2.35 bits per heavy atom. The van der Waals surface area contributed by atoms with E-state index in [9.17, 15) is 4.79 Å². The molecule has 1 amide bonds. The largest absolute Gasteiger partial charge is 0.494 e. The van der Waals surface area contributed by atoms with E-state index in [1.807, 2.05) is 58.0 Å². The van der Waals surface area contributed by atoms with Crippen molar-refractivity contribution in [2.75, 3.05) is 18.9 Å². The smallest absolute Gasteiger partial charge is 0.399 e. The number of benzene rings is 1. The van der Waals surface area contributed by atoms with Crippen LogP contribution in [-0.4, -0.2) is 48.8 Å². The first-order valence-corrected chi connectivity index (χ1v) is 9.33. The van der Waals surface area contributed by atoms with E-state index in [0.717, 1.165) is 24.1 Å². The van der Waals surface area contributed by atoms with Crippen molar-refractivity contribution < 1.29 is 14.1 Å². The number of nitrogens with one attached hydrogen (secondary N) is 1. The predicted octanol–water partition coefficient (Wildman–Crippen LogP) is 2.57. The lowest BCUT2D eigenvalue weighted by atomic mass is 9.79. The van der Waals surface area contributed by atoms with Gasteiger partial charge in [-0.2, -0.15) is 0 Å². The summed E-state index contributed by atoms with van der Waals surface area (Å²) in [6, 6.07) is 8.01. The lowest BCUT2D eigenvalue weighted by Crippen LogP contribution is -2.41. The van der Waals surface area contributed by atoms with Gasteiger partial charge < -0.3 is 14.6 Å². The predicted molar refractivity (Wildman–Crippen MR) is 106 cm³/mol. The Bertz CT molecular complexity index is 669. The zero-order valence-corrected chi connectivity index (χ0v) is 16.4. The molecular weight excluding hydrogens is 327 g/mol. The van der Waals surface area contributed by atoms with E-state index in [4.69, 9.17) is 9.31 Å². The number of rotatable bonds is 4. The van der Waals surface area contributed by atoms with Crippen molar-refractivity contribution >= 4 is 24.2 Å². The van der Waals surface area contributed by atoms with Crippen LogP contribution in [0.1, 0.15) is 40.5 Å². The monoisotopic (exact) mass is 356 g/mol. The molecule has 2 fully saturated rings. The third kappa shape index (κ3) is 4.03. The van der Waals surface area contributed by atoms with Gasteiger partial charge in [-0.1, -0.05) is 18.2 Å². The molecule has 6 heteroatoms. The van der Waals surface area contributed by atoms with Gasteiger partial charge in [-0.25, -0.2) is 0 Å². The van der Waals surface area contributed by atoms with Gasteiger partial charge in [0.1, 0.15) is 0 Å². The lowest BCUT2D eigenvalue weighted by molar-refractivity contribution is -0.111. The van der Waals surface area contributed by atoms with Crippen molar-refractivity contribution in [1.29, 1.82) is 0 Å². The van der Waals surface area contributed by atoms with Gasteiger partial charge in [-0.3, -0.25) is 9.69 Å². The van der Waals surface area contributed by atoms with E-state index < -0.39 is 0 Å². The van der Waals surface area contributed by atoms with Gasteiger partial charge in [-0.15, -0.1) is 0 Å². The second-order valence-electron chi connectivity index (χ2n) is 8.25. The first kappa shape index (κ1) is 19.1. The molecule has 2 heterocycles. The van der Waals surface area contributed by atoms with Gasteiger partial charge in [0.15, 0.2) is 0 Å². The second-order valence-corrected chi connectivity index (χ2v) is 8.25. The molecule has 0 aliphatic carbocycles. The van der Waals surface area contributed by atoms with Crippen LogP contribution in [-0.2, 0) is 14.1 Å². The molecule has 1 aromatic rings. The molecule has 5 nitrogen and oxygen atoms in total. The first-order chi connectivity index (χ1) is 12.2. The maximum atomic E-state index is 12.1. The van der Waals surface area contributed by atoms with Crippen LogP contribution in [0.4, 0.5) is 5.69 Å². The number of likely N-dealkylation sites (tertiary alicyclic amines) is 1. The number of hydrogen-bond donors (Lipinski definition) is 1. The standard InChI is InChI=1S/C20H29BN2O3/c1-19(2)20(3,4)26-21(25-19)15-8-10-16(11-9-15)22-18(24)13-12-17-7-6-14-23(17)5/h8-13,17H,6-7,14H2,1-5H3,(H,22,24)/b13-12+/t17-/m1/s1. The third-order valence-electron chi connectivity index (χ3n) is 5.75. The Kier molecular flexibility index (Phi) is 5.29. The second kappa shape index (κ2) is 7.18. The zero-order chi connectivity index (χ0) is 18.9. The maximum Gasteiger partial charge on any atom is 0.494 e. The van der Waals surface area contributed by atoms with Crippen molar-refractivity contribution in [2.24, 2.45) is 0 Å². The van der Waals surface area contributed by atoms with Crippen LogP contribution in [0.5, 0.6) is 0 Å². The van der Waals surface area contributed by atoms with E-state index in [1.54, 1.807) is 6.08 Å². The van der Waals surface area contributed by atoms with Crippen molar-refractivity contribution in [3.05, 3.63) is 36.4 Å². The van der Waals surface area contributed by atoms with Crippen molar-refractivity contribution in [2.45, 2.75) is 57.8 Å². The van der Waals surface area contributed by atoms with Crippen LogP contribution in [0.15, 0.2) is 36.4 Å². The highest BCUT2D eigenvalue weighted by atomic mass is 16.7. The molecule has 1 atom stereocenters. The van der Waals surface area contributed by atoms with Gasteiger partial charge in [-0.05, 0) is 71.7 Å². The molecule has 0 aromatic heterocycles. The fourth-order valence-corrected chi connectivity index (χ4v) is 3.26. The molecule has 0 saturated carbocycles. The normalized spacial score (nSPS) is 25.1. The molecule has 2 saturated heterocycles. The molecule has 3 rings (SSSR count). The summed E-state index contributed by atoms with van der Waals surface area (Å²) in [4.78, 5) is 14.4. The van der Waals surface area contributed by atoms with E-state index in [0.29, 0.717) is 6.04 Å². The minimum absolute atomic E-state index is 0.103. The topological polar surface area (TPSA) is 50.8 Å². The summed E-state index contributed by atoms with van der Waals surface area (Å²) in [5.74, 6) is -0.103. The molecule has 1 aromatic carbocycles. The highest BCUT2D eigenvalue weighted by molar-refractivity contribution is 6.62. The Balaban J connectivity index is 1.58. The van der Waals surface area contributed by atoms with Gasteiger partial charge in [0.05, 0.1) is 11.2 Å². The summed E-state index contributed by atoms with van der Waals surface area (Å²) < 4.78 is 12.1. The molecule has 0 spiro atoms. The number of nitrogens with zero attached hydrogens (tertiary/aromatic N) is 1. The van der Waals surface area contributed by atoms with E-state index in [-0.39, 0.29) is 24.2 Å². The molecule has 0 radical (unpaired) electrons. The zero-order valence-electron chi connectivity index (χ0n) is 16.4. The summed E-state index contributed by atoms with van der Waals surface area (Å²) in [6.45, 7) is 9.24. The minimum atomic E-state index is -0.387. The number of carbonyl (C=O) groups is 1. The maximum absolute atomic E-state index is 12.1. The summed E-state index contributed by atoms with van der Waals surface area (Å²) >= 11 is 0. The van der Waals surface area contributed by atoms with Crippen LogP contribution >= 0.6 is 0 Å². The number of amides is 1. The van der Waals surface area contributed by atoms with E-state index in [2.05, 4.69) is 17.3 Å². The van der Waals surface area contributed by atoms with Crippen molar-refractivity contribution in [3.8, 4) is 0 Å². The number of anilines is 1. The summed E-state index contributed by atoms with van der Waals surface area (Å²) in [5, 5.41) is 2.91. The number of hydrogen-bond acceptors (Lipinski definition) is 4. The lowest BCUT2D eigenvalue weighted by Gasteiger charge is -2.32. The Hall–Kier alpha value is -1.63. The van der Waals surface area contributed by atoms with Gasteiger partial charge in [0.25, 0.3) is 0 Å². The molecule has 0 unspecified atom stereocenters. The molecule has 2 aliphatic rings. The molecule has 1 N–H and O–H groups in total. The van der Waals surface area contributed by atoms with Gasteiger partial charge >= 0.3 is 7.12 Å². The van der Waals surface area contributed by atoms with Crippen molar-refractivity contribution in [1.82, 2.24) is 4.90 Å². The molecule has 2 aliphatic heterocycles. The molecule has 26 heavy (non-hydrogen) atoms. The molecular formula is C20H29BN2O3. The van der Waals surface area contributed by atoms with Crippen molar-refractivity contribution in [3.63, 3.8) is 0 Å². The third-order valence-corrected chi connectivity index (χ3v) is 5.75. The highest BCUT2D eigenvalue weighted by Gasteiger charge is 2.51. The van der Waals surface area contributed by atoms with Gasteiger partial charge in [0.2, 0.25) is 5.91 Å². The van der Waals surface area contributed by atoms with Crippen LogP contribution in [0.3, 0.4) is 0 Å². The summed E-state index contributed by atoms with van der Waals surface area (Å²) in [7, 11) is 1.71.